The highest BCUT2D eigenvalue weighted by molar-refractivity contribution is 7.86. The number of esters is 2. The maximum atomic E-state index is 12.7. The van der Waals surface area contributed by atoms with Gasteiger partial charge < -0.3 is 18.3 Å². The molecule has 0 aromatic heterocycles. The molecule has 0 radical (unpaired) electrons. The Balaban J connectivity index is 0.000000219. The quantitative estimate of drug-likeness (QED) is 0.0691. The highest BCUT2D eigenvalue weighted by Crippen LogP contribution is 2.71. The Morgan fingerprint density at radius 2 is 1.06 bits per heavy atom. The molecule has 0 saturated heterocycles. The van der Waals surface area contributed by atoms with E-state index in [9.17, 15) is 18.0 Å². The molecule has 66 heavy (non-hydrogen) atoms. The Morgan fingerprint density at radius 3 is 1.44 bits per heavy atom. The molecule has 7 rings (SSSR count). The predicted molar refractivity (Wildman–Crippen MR) is 270 cm³/mol. The van der Waals surface area contributed by atoms with Crippen molar-refractivity contribution in [3.8, 4) is 0 Å². The highest BCUT2D eigenvalue weighted by Gasteiger charge is 2.64. The van der Waals surface area contributed by atoms with Crippen molar-refractivity contribution in [3.63, 3.8) is 0 Å². The molecule has 1 aromatic rings. The van der Waals surface area contributed by atoms with Crippen LogP contribution in [-0.4, -0.2) is 70.0 Å². The van der Waals surface area contributed by atoms with Crippen molar-refractivity contribution in [1.29, 1.82) is 0 Å². The predicted octanol–water partition coefficient (Wildman–Crippen LogP) is 13.6. The lowest BCUT2D eigenvalue weighted by Gasteiger charge is -2.50. The molecule has 0 aliphatic heterocycles. The van der Waals surface area contributed by atoms with Crippen LogP contribution in [0.2, 0.25) is 36.3 Å². The van der Waals surface area contributed by atoms with Crippen LogP contribution in [0.3, 0.4) is 0 Å². The van der Waals surface area contributed by atoms with Gasteiger partial charge in [-0.3, -0.25) is 13.8 Å². The van der Waals surface area contributed by atoms with E-state index in [1.807, 2.05) is 19.1 Å². The van der Waals surface area contributed by atoms with Crippen molar-refractivity contribution in [2.24, 2.45) is 51.2 Å². The molecule has 0 heterocycles. The van der Waals surface area contributed by atoms with Crippen molar-refractivity contribution in [2.75, 3.05) is 20.8 Å². The summed E-state index contributed by atoms with van der Waals surface area (Å²) in [4.78, 5) is 24.6. The summed E-state index contributed by atoms with van der Waals surface area (Å²) < 4.78 is 54.7. The first kappa shape index (κ1) is 53.8. The zero-order chi connectivity index (χ0) is 48.9. The highest BCUT2D eigenvalue weighted by atomic mass is 32.2. The molecule has 0 spiro atoms. The third-order valence-corrected chi connectivity index (χ3v) is 30.3. The van der Waals surface area contributed by atoms with E-state index in [0.29, 0.717) is 53.1 Å². The number of fused-ring (bicyclic) bond motifs is 2. The van der Waals surface area contributed by atoms with E-state index in [1.54, 1.807) is 12.1 Å². The summed E-state index contributed by atoms with van der Waals surface area (Å²) in [5, 5.41) is 0.463. The summed E-state index contributed by atoms with van der Waals surface area (Å²) in [6.07, 6.45) is 20.3. The average molecular weight is 974 g/mol. The molecule has 9 nitrogen and oxygen atoms in total. The Bertz CT molecular complexity index is 1940. The molecule has 1 aromatic carbocycles. The fourth-order valence-corrected chi connectivity index (χ4v) is 17.4. The zero-order valence-electron chi connectivity index (χ0n) is 44.2. The Kier molecular flexibility index (Phi) is 15.9. The van der Waals surface area contributed by atoms with Crippen LogP contribution in [0.25, 0.3) is 0 Å². The first-order valence-electron chi connectivity index (χ1n) is 26.0. The fraction of sp³-hybridized carbons (Fsp3) is 0.852. The van der Waals surface area contributed by atoms with E-state index in [-0.39, 0.29) is 32.4 Å². The van der Waals surface area contributed by atoms with Crippen molar-refractivity contribution in [1.82, 2.24) is 0 Å². The number of carbonyl (C=O) groups excluding carboxylic acids is 2. The number of rotatable bonds is 16. The molecule has 376 valence electrons. The Hall–Kier alpha value is -1.58. The molecule has 0 amide bonds. The summed E-state index contributed by atoms with van der Waals surface area (Å²) in [6.45, 7) is 30.8. The maximum absolute atomic E-state index is 12.7. The van der Waals surface area contributed by atoms with Crippen LogP contribution in [0.1, 0.15) is 170 Å². The zero-order valence-corrected chi connectivity index (χ0v) is 47.0. The Labute approximate surface area is 404 Å². The summed E-state index contributed by atoms with van der Waals surface area (Å²) in [5.41, 5.74) is 2.17. The molecule has 6 saturated carbocycles. The molecule has 0 bridgehead atoms. The average Bonchev–Trinajstić information content (AvgIpc) is 4.12. The van der Waals surface area contributed by atoms with Crippen molar-refractivity contribution < 1.29 is 40.5 Å². The minimum Gasteiger partial charge on any atom is -0.468 e. The second-order valence-electron chi connectivity index (χ2n) is 25.8. The Morgan fingerprint density at radius 1 is 0.652 bits per heavy atom. The summed E-state index contributed by atoms with van der Waals surface area (Å²) in [6, 6.07) is 6.93. The van der Waals surface area contributed by atoms with Crippen LogP contribution in [-0.2, 0) is 42.2 Å². The van der Waals surface area contributed by atoms with E-state index >= 15 is 0 Å². The molecule has 0 N–H and O–H groups in total. The van der Waals surface area contributed by atoms with Gasteiger partial charge in [0.15, 0.2) is 22.6 Å². The second kappa shape index (κ2) is 19.6. The van der Waals surface area contributed by atoms with Crippen LogP contribution in [0.5, 0.6) is 0 Å². The number of hydrogen-bond donors (Lipinski definition) is 0. The van der Waals surface area contributed by atoms with Gasteiger partial charge >= 0.3 is 11.9 Å². The number of aryl methyl sites for hydroxylation is 1. The van der Waals surface area contributed by atoms with E-state index < -0.39 is 44.6 Å². The minimum atomic E-state index is -3.69. The monoisotopic (exact) mass is 973 g/mol. The number of benzene rings is 1. The third-order valence-electron chi connectivity index (χ3n) is 19.9. The molecule has 8 atom stereocenters. The molecule has 4 unspecified atom stereocenters. The summed E-state index contributed by atoms with van der Waals surface area (Å²) in [5.74, 6) is 0.837. The first-order valence-corrected chi connectivity index (χ1v) is 33.2. The fourth-order valence-electron chi connectivity index (χ4n) is 13.7. The van der Waals surface area contributed by atoms with E-state index in [0.717, 1.165) is 18.4 Å². The van der Waals surface area contributed by atoms with Crippen LogP contribution >= 0.6 is 0 Å². The van der Waals surface area contributed by atoms with Gasteiger partial charge in [0.25, 0.3) is 10.1 Å². The molecule has 6 fully saturated rings. The molecular formula is C54H92O9SSi2. The topological polar surface area (TPSA) is 114 Å². The van der Waals surface area contributed by atoms with Gasteiger partial charge in [-0.1, -0.05) is 85.9 Å². The van der Waals surface area contributed by atoms with Crippen molar-refractivity contribution in [2.45, 2.75) is 225 Å². The van der Waals surface area contributed by atoms with Crippen LogP contribution < -0.4 is 0 Å². The summed E-state index contributed by atoms with van der Waals surface area (Å²) >= 11 is 0. The normalized spacial score (nSPS) is 31.6. The van der Waals surface area contributed by atoms with Crippen molar-refractivity contribution in [3.05, 3.63) is 29.8 Å². The van der Waals surface area contributed by atoms with Gasteiger partial charge in [-0.05, 0) is 197 Å². The van der Waals surface area contributed by atoms with E-state index in [1.165, 1.54) is 104 Å². The molecular weight excluding hydrogens is 881 g/mol. The first-order chi connectivity index (χ1) is 30.5. The number of carbonyl (C=O) groups is 2. The van der Waals surface area contributed by atoms with Crippen LogP contribution in [0.15, 0.2) is 29.2 Å². The summed E-state index contributed by atoms with van der Waals surface area (Å²) in [7, 11) is -4.61. The van der Waals surface area contributed by atoms with Gasteiger partial charge in [0, 0.05) is 12.2 Å². The van der Waals surface area contributed by atoms with E-state index in [2.05, 4.69) is 81.6 Å². The molecule has 12 heteroatoms. The third kappa shape index (κ3) is 11.0. The van der Waals surface area contributed by atoms with Crippen LogP contribution in [0, 0.1) is 58.2 Å². The lowest BCUT2D eigenvalue weighted by Crippen LogP contribution is -2.50. The van der Waals surface area contributed by atoms with Gasteiger partial charge in [0.2, 0.25) is 0 Å². The SMILES string of the molecule is COC(=O)C(CCC1(C2CCC3[C@@H](O[Si](C)(C)C(C)(C)C)CCC[C@@]32C)CC1)C(=O)OC.Cc1ccc(S(=O)(=O)OCCC2(C3CCC4[C@@H](O[Si](C)(C)C(C)(C)C)CCC[C@@]43C)CC2)cc1. The largest absolute Gasteiger partial charge is 0.468 e. The van der Waals surface area contributed by atoms with Gasteiger partial charge in [-0.2, -0.15) is 8.42 Å². The number of hydrogen-bond acceptors (Lipinski definition) is 9. The van der Waals surface area contributed by atoms with Crippen molar-refractivity contribution >= 4 is 38.7 Å². The number of methoxy groups -OCH3 is 2. The van der Waals surface area contributed by atoms with Gasteiger partial charge in [0.1, 0.15) is 0 Å². The van der Waals surface area contributed by atoms with Gasteiger partial charge in [-0.25, -0.2) is 0 Å². The lowest BCUT2D eigenvalue weighted by molar-refractivity contribution is -0.159. The van der Waals surface area contributed by atoms with Crippen LogP contribution in [0.4, 0.5) is 0 Å². The smallest absolute Gasteiger partial charge is 0.320 e. The molecule has 6 aliphatic rings. The second-order valence-corrected chi connectivity index (χ2v) is 36.9. The lowest BCUT2D eigenvalue weighted by atomic mass is 9.60. The molecule has 6 aliphatic carbocycles. The van der Waals surface area contributed by atoms with E-state index in [4.69, 9.17) is 22.5 Å². The maximum Gasteiger partial charge on any atom is 0.320 e. The van der Waals surface area contributed by atoms with Gasteiger partial charge in [0.05, 0.1) is 25.7 Å². The minimum absolute atomic E-state index is 0.230. The van der Waals surface area contributed by atoms with Gasteiger partial charge in [-0.15, -0.1) is 0 Å². The number of ether oxygens (including phenoxy) is 2. The standard InChI is InChI=1S/C28H46O4SSi.C26H46O5Si/c1-21-10-12-22(13-11-21)33(29,30)31-20-19-28(17-18-28)25-15-14-23-24(9-8-16-27(23,25)5)32-34(6,7)26(2,3)4;1-24(2,3)32(7,8)31-20-10-9-14-25(4)19(20)11-12-21(25)26(16-17-26)15-13-18(22(27)29-5)23(28)30-6/h10-13,23-25H,8-9,14-20H2,1-7H3;18-21H,9-17H2,1-8H3/t23?,24-,25?,27-;19?,20-,21?,25-/m00/s1.